The van der Waals surface area contributed by atoms with Crippen molar-refractivity contribution in [3.05, 3.63) is 30.5 Å². The van der Waals surface area contributed by atoms with Crippen LogP contribution < -0.4 is 10.1 Å². The zero-order valence-electron chi connectivity index (χ0n) is 15.2. The van der Waals surface area contributed by atoms with E-state index in [1.165, 1.54) is 0 Å². The van der Waals surface area contributed by atoms with E-state index in [-0.39, 0.29) is 12.1 Å². The molecule has 0 spiro atoms. The van der Waals surface area contributed by atoms with E-state index >= 15 is 0 Å². The second-order valence-corrected chi connectivity index (χ2v) is 7.30. The predicted octanol–water partition coefficient (Wildman–Crippen LogP) is 3.66. The molecular weight excluding hydrogens is 318 g/mol. The van der Waals surface area contributed by atoms with Gasteiger partial charge in [0.25, 0.3) is 0 Å². The van der Waals surface area contributed by atoms with Crippen molar-refractivity contribution in [1.29, 1.82) is 0 Å². The van der Waals surface area contributed by atoms with Gasteiger partial charge in [-0.05, 0) is 39.3 Å². The van der Waals surface area contributed by atoms with Crippen LogP contribution in [0, 0.1) is 0 Å². The second kappa shape index (κ2) is 6.78. The summed E-state index contributed by atoms with van der Waals surface area (Å²) in [5, 5.41) is 4.58. The van der Waals surface area contributed by atoms with Gasteiger partial charge in [0.05, 0.1) is 12.6 Å². The van der Waals surface area contributed by atoms with Crippen LogP contribution in [0.5, 0.6) is 5.75 Å². The molecule has 1 aliphatic rings. The highest BCUT2D eigenvalue weighted by atomic mass is 16.6. The van der Waals surface area contributed by atoms with Crippen LogP contribution in [-0.4, -0.2) is 47.8 Å². The maximum Gasteiger partial charge on any atom is 0.410 e. The highest BCUT2D eigenvalue weighted by Gasteiger charge is 2.30. The average molecular weight is 343 g/mol. The van der Waals surface area contributed by atoms with E-state index in [4.69, 9.17) is 9.47 Å². The number of amides is 1. The van der Waals surface area contributed by atoms with Crippen molar-refractivity contribution in [2.75, 3.05) is 25.5 Å². The SMILES string of the molecule is COc1cc(N[C@@H]2CCN(C(=O)OC(C)(C)C)C2)c2cccnc2c1. The van der Waals surface area contributed by atoms with Gasteiger partial charge in [-0.15, -0.1) is 0 Å². The number of carbonyl (C=O) groups is 1. The Morgan fingerprint density at radius 3 is 2.88 bits per heavy atom. The molecule has 2 heterocycles. The van der Waals surface area contributed by atoms with Gasteiger partial charge in [-0.3, -0.25) is 4.98 Å². The number of anilines is 1. The van der Waals surface area contributed by atoms with E-state index in [1.54, 1.807) is 18.2 Å². The third-order valence-electron chi connectivity index (χ3n) is 4.13. The number of hydrogen-bond donors (Lipinski definition) is 1. The summed E-state index contributed by atoms with van der Waals surface area (Å²) in [7, 11) is 1.65. The molecule has 0 radical (unpaired) electrons. The van der Waals surface area contributed by atoms with E-state index in [0.717, 1.165) is 28.8 Å². The fourth-order valence-electron chi connectivity index (χ4n) is 2.98. The molecule has 1 aromatic heterocycles. The van der Waals surface area contributed by atoms with Crippen molar-refractivity contribution < 1.29 is 14.3 Å². The summed E-state index contributed by atoms with van der Waals surface area (Å²) in [6, 6.07) is 8.01. The number of hydrogen-bond acceptors (Lipinski definition) is 5. The van der Waals surface area contributed by atoms with Crippen LogP contribution in [0.4, 0.5) is 10.5 Å². The third kappa shape index (κ3) is 4.13. The lowest BCUT2D eigenvalue weighted by molar-refractivity contribution is 0.0293. The number of fused-ring (bicyclic) bond motifs is 1. The molecule has 1 saturated heterocycles. The number of likely N-dealkylation sites (tertiary alicyclic amines) is 1. The second-order valence-electron chi connectivity index (χ2n) is 7.30. The van der Waals surface area contributed by atoms with Crippen molar-refractivity contribution in [3.63, 3.8) is 0 Å². The molecule has 1 fully saturated rings. The molecule has 0 unspecified atom stereocenters. The molecule has 25 heavy (non-hydrogen) atoms. The van der Waals surface area contributed by atoms with Gasteiger partial charge in [0.15, 0.2) is 0 Å². The number of benzene rings is 1. The fraction of sp³-hybridized carbons (Fsp3) is 0.474. The minimum Gasteiger partial charge on any atom is -0.497 e. The Hall–Kier alpha value is -2.50. The number of aromatic nitrogens is 1. The van der Waals surface area contributed by atoms with E-state index in [1.807, 2.05) is 45.0 Å². The van der Waals surface area contributed by atoms with E-state index in [9.17, 15) is 4.79 Å². The van der Waals surface area contributed by atoms with Crippen molar-refractivity contribution in [3.8, 4) is 5.75 Å². The number of nitrogens with zero attached hydrogens (tertiary/aromatic N) is 2. The van der Waals surface area contributed by atoms with Crippen LogP contribution in [0.3, 0.4) is 0 Å². The minimum absolute atomic E-state index is 0.169. The molecule has 0 aliphatic carbocycles. The van der Waals surface area contributed by atoms with Crippen molar-refractivity contribution in [2.45, 2.75) is 38.8 Å². The molecule has 1 N–H and O–H groups in total. The number of ether oxygens (including phenoxy) is 2. The molecule has 1 atom stereocenters. The van der Waals surface area contributed by atoms with Gasteiger partial charge in [0, 0.05) is 48.5 Å². The Morgan fingerprint density at radius 2 is 2.16 bits per heavy atom. The summed E-state index contributed by atoms with van der Waals surface area (Å²) >= 11 is 0. The Morgan fingerprint density at radius 1 is 1.36 bits per heavy atom. The maximum absolute atomic E-state index is 12.2. The molecule has 6 heteroatoms. The van der Waals surface area contributed by atoms with Crippen LogP contribution in [0.1, 0.15) is 27.2 Å². The summed E-state index contributed by atoms with van der Waals surface area (Å²) in [6.07, 6.45) is 2.39. The largest absolute Gasteiger partial charge is 0.497 e. The number of pyridine rings is 1. The topological polar surface area (TPSA) is 63.7 Å². The molecule has 6 nitrogen and oxygen atoms in total. The third-order valence-corrected chi connectivity index (χ3v) is 4.13. The van der Waals surface area contributed by atoms with E-state index < -0.39 is 5.60 Å². The zero-order valence-corrected chi connectivity index (χ0v) is 15.2. The zero-order chi connectivity index (χ0) is 18.0. The first kappa shape index (κ1) is 17.3. The molecule has 1 aromatic carbocycles. The highest BCUT2D eigenvalue weighted by molar-refractivity contribution is 5.92. The quantitative estimate of drug-likeness (QED) is 0.921. The number of carbonyl (C=O) groups excluding carboxylic acids is 1. The van der Waals surface area contributed by atoms with E-state index in [0.29, 0.717) is 13.1 Å². The van der Waals surface area contributed by atoms with Crippen molar-refractivity contribution >= 4 is 22.7 Å². The van der Waals surface area contributed by atoms with Crippen LogP contribution in [0.25, 0.3) is 10.9 Å². The Labute approximate surface area is 148 Å². The Bertz CT molecular complexity index is 770. The van der Waals surface area contributed by atoms with Crippen LogP contribution in [0.2, 0.25) is 0 Å². The van der Waals surface area contributed by atoms with Crippen LogP contribution in [0.15, 0.2) is 30.5 Å². The van der Waals surface area contributed by atoms with Gasteiger partial charge in [-0.1, -0.05) is 0 Å². The average Bonchev–Trinajstić information content (AvgIpc) is 3.02. The molecule has 1 amide bonds. The standard InChI is InChI=1S/C19H25N3O3/c1-19(2,3)25-18(23)22-9-7-13(12-22)21-17-11-14(24-4)10-16-15(17)6-5-8-20-16/h5-6,8,10-11,13,21H,7,9,12H2,1-4H3/t13-/m1/s1. The van der Waals surface area contributed by atoms with Gasteiger partial charge < -0.3 is 19.7 Å². The lowest BCUT2D eigenvalue weighted by Crippen LogP contribution is -2.36. The summed E-state index contributed by atoms with van der Waals surface area (Å²) in [6.45, 7) is 6.95. The molecule has 2 aromatic rings. The Kier molecular flexibility index (Phi) is 4.70. The van der Waals surface area contributed by atoms with Gasteiger partial charge in [0.1, 0.15) is 11.4 Å². The number of nitrogens with one attached hydrogen (secondary N) is 1. The summed E-state index contributed by atoms with van der Waals surface area (Å²) in [5.74, 6) is 0.760. The molecule has 134 valence electrons. The van der Waals surface area contributed by atoms with Crippen LogP contribution in [-0.2, 0) is 4.74 Å². The summed E-state index contributed by atoms with van der Waals surface area (Å²) in [5.41, 5.74) is 1.38. The first-order chi connectivity index (χ1) is 11.9. The van der Waals surface area contributed by atoms with Gasteiger partial charge >= 0.3 is 6.09 Å². The lowest BCUT2D eigenvalue weighted by Gasteiger charge is -2.24. The summed E-state index contributed by atoms with van der Waals surface area (Å²) in [4.78, 5) is 18.4. The van der Waals surface area contributed by atoms with Gasteiger partial charge in [-0.25, -0.2) is 4.79 Å². The molecular formula is C19H25N3O3. The molecule has 0 bridgehead atoms. The molecule has 0 saturated carbocycles. The fourth-order valence-corrected chi connectivity index (χ4v) is 2.98. The van der Waals surface area contributed by atoms with Crippen LogP contribution >= 0.6 is 0 Å². The Balaban J connectivity index is 1.73. The van der Waals surface area contributed by atoms with E-state index in [2.05, 4.69) is 10.3 Å². The molecule has 3 rings (SSSR count). The van der Waals surface area contributed by atoms with Crippen molar-refractivity contribution in [2.24, 2.45) is 0 Å². The van der Waals surface area contributed by atoms with Crippen molar-refractivity contribution in [1.82, 2.24) is 9.88 Å². The predicted molar refractivity (Wildman–Crippen MR) is 98.1 cm³/mol. The highest BCUT2D eigenvalue weighted by Crippen LogP contribution is 2.29. The minimum atomic E-state index is -0.475. The van der Waals surface area contributed by atoms with Gasteiger partial charge in [0.2, 0.25) is 0 Å². The number of rotatable bonds is 3. The summed E-state index contributed by atoms with van der Waals surface area (Å²) < 4.78 is 10.8. The maximum atomic E-state index is 12.2. The number of methoxy groups -OCH3 is 1. The molecule has 1 aliphatic heterocycles. The first-order valence-corrected chi connectivity index (χ1v) is 8.53. The smallest absolute Gasteiger partial charge is 0.410 e. The normalized spacial score (nSPS) is 17.6. The lowest BCUT2D eigenvalue weighted by atomic mass is 10.1. The van der Waals surface area contributed by atoms with Gasteiger partial charge in [-0.2, -0.15) is 0 Å². The first-order valence-electron chi connectivity index (χ1n) is 8.53. The monoisotopic (exact) mass is 343 g/mol.